The Labute approximate surface area is 140 Å². The van der Waals surface area contributed by atoms with E-state index in [1.165, 1.54) is 11.3 Å². The van der Waals surface area contributed by atoms with Crippen LogP contribution in [-0.4, -0.2) is 31.4 Å². The molecular weight excluding hydrogens is 334 g/mol. The Morgan fingerprint density at radius 1 is 1.39 bits per heavy atom. The average Bonchev–Trinajstić information content (AvgIpc) is 3.17. The molecule has 0 bridgehead atoms. The smallest absolute Gasteiger partial charge is 0.271 e. The predicted octanol–water partition coefficient (Wildman–Crippen LogP) is 2.73. The molecule has 1 fully saturated rings. The van der Waals surface area contributed by atoms with Crippen LogP contribution in [0, 0.1) is 5.92 Å². The zero-order valence-corrected chi connectivity index (χ0v) is 14.7. The first-order valence-electron chi connectivity index (χ1n) is 7.78. The molecule has 0 saturated carbocycles. The summed E-state index contributed by atoms with van der Waals surface area (Å²) >= 11 is 1.30. The highest BCUT2D eigenvalue weighted by Crippen LogP contribution is 2.24. The molecule has 0 atom stereocenters. The van der Waals surface area contributed by atoms with Crippen LogP contribution in [0.15, 0.2) is 28.7 Å². The van der Waals surface area contributed by atoms with E-state index in [9.17, 15) is 8.42 Å². The Bertz CT molecular complexity index is 746. The van der Waals surface area contributed by atoms with E-state index in [2.05, 4.69) is 9.82 Å². The summed E-state index contributed by atoms with van der Waals surface area (Å²) in [6.45, 7) is 4.40. The van der Waals surface area contributed by atoms with Gasteiger partial charge < -0.3 is 4.74 Å². The standard InChI is InChI=1S/C15H21N3O3S2/c1-2-14-3-4-15(22-14)23(19,20)17-13-9-16-18(11-13)10-12-5-7-21-8-6-12/h3-4,9,11-12,17H,2,5-8,10H2,1H3. The predicted molar refractivity (Wildman–Crippen MR) is 90.3 cm³/mol. The van der Waals surface area contributed by atoms with Gasteiger partial charge >= 0.3 is 0 Å². The molecule has 1 saturated heterocycles. The number of aromatic nitrogens is 2. The van der Waals surface area contributed by atoms with E-state index in [4.69, 9.17) is 4.74 Å². The first kappa shape index (κ1) is 16.5. The highest BCUT2D eigenvalue weighted by atomic mass is 32.2. The van der Waals surface area contributed by atoms with Crippen LogP contribution in [0.2, 0.25) is 0 Å². The molecule has 2 aromatic rings. The van der Waals surface area contributed by atoms with E-state index in [-0.39, 0.29) is 0 Å². The number of rotatable bonds is 6. The van der Waals surface area contributed by atoms with Crippen molar-refractivity contribution in [1.29, 1.82) is 0 Å². The normalized spacial score (nSPS) is 16.6. The van der Waals surface area contributed by atoms with E-state index < -0.39 is 10.0 Å². The third kappa shape index (κ3) is 4.13. The number of aryl methyl sites for hydroxylation is 1. The molecule has 3 heterocycles. The molecule has 0 radical (unpaired) electrons. The number of hydrogen-bond donors (Lipinski definition) is 1. The molecule has 0 aromatic carbocycles. The molecule has 0 amide bonds. The number of nitrogens with zero attached hydrogens (tertiary/aromatic N) is 2. The highest BCUT2D eigenvalue weighted by molar-refractivity contribution is 7.94. The molecule has 1 aliphatic rings. The van der Waals surface area contributed by atoms with Gasteiger partial charge in [-0.3, -0.25) is 9.40 Å². The second kappa shape index (κ2) is 7.02. The van der Waals surface area contributed by atoms with Crippen LogP contribution in [0.4, 0.5) is 5.69 Å². The van der Waals surface area contributed by atoms with Crippen molar-refractivity contribution in [2.75, 3.05) is 17.9 Å². The average molecular weight is 355 g/mol. The second-order valence-corrected chi connectivity index (χ2v) is 8.76. The van der Waals surface area contributed by atoms with Crippen molar-refractivity contribution in [3.05, 3.63) is 29.4 Å². The van der Waals surface area contributed by atoms with E-state index >= 15 is 0 Å². The fraction of sp³-hybridized carbons (Fsp3) is 0.533. The Morgan fingerprint density at radius 2 is 2.17 bits per heavy atom. The van der Waals surface area contributed by atoms with Gasteiger partial charge in [-0.1, -0.05) is 6.92 Å². The lowest BCUT2D eigenvalue weighted by Gasteiger charge is -2.21. The Balaban J connectivity index is 1.65. The van der Waals surface area contributed by atoms with Gasteiger partial charge in [-0.15, -0.1) is 11.3 Å². The molecular formula is C15H21N3O3S2. The minimum Gasteiger partial charge on any atom is -0.381 e. The van der Waals surface area contributed by atoms with Crippen LogP contribution in [0.1, 0.15) is 24.6 Å². The van der Waals surface area contributed by atoms with Crippen LogP contribution in [0.3, 0.4) is 0 Å². The van der Waals surface area contributed by atoms with Gasteiger partial charge in [0.2, 0.25) is 0 Å². The maximum absolute atomic E-state index is 12.4. The third-order valence-electron chi connectivity index (χ3n) is 3.92. The van der Waals surface area contributed by atoms with E-state index in [1.54, 1.807) is 23.1 Å². The van der Waals surface area contributed by atoms with Crippen molar-refractivity contribution < 1.29 is 13.2 Å². The summed E-state index contributed by atoms with van der Waals surface area (Å²) < 4.78 is 34.8. The maximum Gasteiger partial charge on any atom is 0.271 e. The fourth-order valence-corrected chi connectivity index (χ4v) is 4.93. The zero-order chi connectivity index (χ0) is 16.3. The third-order valence-corrected chi connectivity index (χ3v) is 7.02. The lowest BCUT2D eigenvalue weighted by Crippen LogP contribution is -2.20. The van der Waals surface area contributed by atoms with Crippen molar-refractivity contribution in [3.63, 3.8) is 0 Å². The molecule has 126 valence electrons. The molecule has 0 aliphatic carbocycles. The zero-order valence-electron chi connectivity index (χ0n) is 13.1. The van der Waals surface area contributed by atoms with Gasteiger partial charge in [0.15, 0.2) is 0 Å². The summed E-state index contributed by atoms with van der Waals surface area (Å²) in [6, 6.07) is 3.51. The Kier molecular flexibility index (Phi) is 5.03. The summed E-state index contributed by atoms with van der Waals surface area (Å²) in [4.78, 5) is 1.06. The topological polar surface area (TPSA) is 73.2 Å². The van der Waals surface area contributed by atoms with Crippen LogP contribution in [-0.2, 0) is 27.7 Å². The monoisotopic (exact) mass is 355 g/mol. The van der Waals surface area contributed by atoms with Crippen molar-refractivity contribution in [1.82, 2.24) is 9.78 Å². The number of hydrogen-bond acceptors (Lipinski definition) is 5. The molecule has 8 heteroatoms. The molecule has 0 spiro atoms. The molecule has 2 aromatic heterocycles. The largest absolute Gasteiger partial charge is 0.381 e. The van der Waals surface area contributed by atoms with Crippen molar-refractivity contribution >= 4 is 27.0 Å². The van der Waals surface area contributed by atoms with Crippen LogP contribution in [0.5, 0.6) is 0 Å². The minimum absolute atomic E-state index is 0.339. The van der Waals surface area contributed by atoms with Crippen molar-refractivity contribution in [2.24, 2.45) is 5.92 Å². The molecule has 1 aliphatic heterocycles. The summed E-state index contributed by atoms with van der Waals surface area (Å²) in [5.41, 5.74) is 0.503. The molecule has 1 N–H and O–H groups in total. The van der Waals surface area contributed by atoms with Gasteiger partial charge in [0, 0.05) is 30.8 Å². The lowest BCUT2D eigenvalue weighted by atomic mass is 10.0. The van der Waals surface area contributed by atoms with Crippen LogP contribution < -0.4 is 4.72 Å². The van der Waals surface area contributed by atoms with Gasteiger partial charge in [0.1, 0.15) is 4.21 Å². The number of thiophene rings is 1. The SMILES string of the molecule is CCc1ccc(S(=O)(=O)Nc2cnn(CC3CCOCC3)c2)s1. The summed E-state index contributed by atoms with van der Waals surface area (Å²) in [6.07, 6.45) is 6.20. The maximum atomic E-state index is 12.4. The van der Waals surface area contributed by atoms with E-state index in [0.717, 1.165) is 43.9 Å². The van der Waals surface area contributed by atoms with E-state index in [0.29, 0.717) is 15.8 Å². The minimum atomic E-state index is -3.53. The van der Waals surface area contributed by atoms with Gasteiger partial charge in [-0.05, 0) is 37.3 Å². The van der Waals surface area contributed by atoms with Crippen molar-refractivity contribution in [2.45, 2.75) is 36.9 Å². The molecule has 6 nitrogen and oxygen atoms in total. The first-order chi connectivity index (χ1) is 11.1. The summed E-state index contributed by atoms with van der Waals surface area (Å²) in [5, 5.41) is 4.26. The quantitative estimate of drug-likeness (QED) is 0.865. The number of anilines is 1. The summed E-state index contributed by atoms with van der Waals surface area (Å²) in [7, 11) is -3.53. The first-order valence-corrected chi connectivity index (χ1v) is 10.1. The number of ether oxygens (including phenoxy) is 1. The molecule has 23 heavy (non-hydrogen) atoms. The van der Waals surface area contributed by atoms with Gasteiger partial charge in [-0.25, -0.2) is 8.42 Å². The van der Waals surface area contributed by atoms with Crippen LogP contribution >= 0.6 is 11.3 Å². The number of sulfonamides is 1. The second-order valence-electron chi connectivity index (χ2n) is 5.69. The summed E-state index contributed by atoms with van der Waals surface area (Å²) in [5.74, 6) is 0.539. The molecule has 0 unspecified atom stereocenters. The van der Waals surface area contributed by atoms with Crippen LogP contribution in [0.25, 0.3) is 0 Å². The Hall–Kier alpha value is -1.38. The molecule has 3 rings (SSSR count). The van der Waals surface area contributed by atoms with Gasteiger partial charge in [-0.2, -0.15) is 5.10 Å². The van der Waals surface area contributed by atoms with Crippen molar-refractivity contribution in [3.8, 4) is 0 Å². The number of nitrogens with one attached hydrogen (secondary N) is 1. The highest BCUT2D eigenvalue weighted by Gasteiger charge is 2.19. The fourth-order valence-electron chi connectivity index (χ4n) is 2.61. The van der Waals surface area contributed by atoms with E-state index in [1.807, 2.05) is 13.0 Å². The Morgan fingerprint density at radius 3 is 2.87 bits per heavy atom. The van der Waals surface area contributed by atoms with Gasteiger partial charge in [0.25, 0.3) is 10.0 Å². The van der Waals surface area contributed by atoms with Gasteiger partial charge in [0.05, 0.1) is 11.9 Å². The lowest BCUT2D eigenvalue weighted by molar-refractivity contribution is 0.0601.